The van der Waals surface area contributed by atoms with E-state index in [1.54, 1.807) is 51.4 Å². The molecule has 0 aromatic carbocycles. The van der Waals surface area contributed by atoms with Crippen LogP contribution in [0.25, 0.3) is 0 Å². The van der Waals surface area contributed by atoms with E-state index in [4.69, 9.17) is 0 Å². The Hall–Kier alpha value is 0. The zero-order valence-corrected chi connectivity index (χ0v) is 14.4. The lowest BCUT2D eigenvalue weighted by Gasteiger charge is -2.42. The SMILES string of the molecule is CC.CC1CCCC1CCC1CCCC2CCCCC21. The zero-order chi connectivity index (χ0) is 14.4. The summed E-state index contributed by atoms with van der Waals surface area (Å²) in [5, 5.41) is 0. The molecule has 0 amide bonds. The normalized spacial score (nSPS) is 40.6. The molecule has 0 aliphatic heterocycles. The lowest BCUT2D eigenvalue weighted by Crippen LogP contribution is -2.31. The van der Waals surface area contributed by atoms with Crippen LogP contribution in [-0.2, 0) is 0 Å². The molecule has 0 heterocycles. The lowest BCUT2D eigenvalue weighted by molar-refractivity contribution is 0.0919. The Morgan fingerprint density at radius 3 is 2.00 bits per heavy atom. The van der Waals surface area contributed by atoms with Crippen LogP contribution in [0.15, 0.2) is 0 Å². The molecule has 0 heteroatoms. The topological polar surface area (TPSA) is 0 Å². The molecule has 3 saturated carbocycles. The molecular weight excluding hydrogens is 240 g/mol. The maximum Gasteiger partial charge on any atom is -0.0357 e. The Morgan fingerprint density at radius 1 is 0.650 bits per heavy atom. The summed E-state index contributed by atoms with van der Waals surface area (Å²) in [6.45, 7) is 6.50. The highest BCUT2D eigenvalue weighted by Gasteiger charge is 2.35. The van der Waals surface area contributed by atoms with E-state index in [9.17, 15) is 0 Å². The van der Waals surface area contributed by atoms with Gasteiger partial charge in [-0.05, 0) is 48.9 Å². The Bertz CT molecular complexity index is 255. The molecule has 20 heavy (non-hydrogen) atoms. The van der Waals surface area contributed by atoms with Crippen LogP contribution < -0.4 is 0 Å². The smallest absolute Gasteiger partial charge is 0.0357 e. The molecule has 0 nitrogen and oxygen atoms in total. The van der Waals surface area contributed by atoms with Gasteiger partial charge in [0, 0.05) is 0 Å². The minimum absolute atomic E-state index is 1.04. The predicted molar refractivity (Wildman–Crippen MR) is 89.9 cm³/mol. The van der Waals surface area contributed by atoms with Crippen molar-refractivity contribution in [2.45, 2.75) is 97.8 Å². The summed E-state index contributed by atoms with van der Waals surface area (Å²) in [4.78, 5) is 0. The minimum Gasteiger partial charge on any atom is -0.0683 e. The van der Waals surface area contributed by atoms with Crippen LogP contribution in [0.1, 0.15) is 97.8 Å². The van der Waals surface area contributed by atoms with Crippen molar-refractivity contribution < 1.29 is 0 Å². The average Bonchev–Trinajstić information content (AvgIpc) is 2.92. The van der Waals surface area contributed by atoms with Crippen molar-refractivity contribution in [3.63, 3.8) is 0 Å². The first-order chi connectivity index (χ1) is 9.84. The number of fused-ring (bicyclic) bond motifs is 1. The maximum atomic E-state index is 2.50. The van der Waals surface area contributed by atoms with E-state index in [1.807, 2.05) is 13.8 Å². The minimum atomic E-state index is 1.04. The fourth-order valence-corrected chi connectivity index (χ4v) is 5.51. The molecule has 3 fully saturated rings. The third-order valence-corrected chi connectivity index (χ3v) is 6.67. The van der Waals surface area contributed by atoms with E-state index >= 15 is 0 Å². The molecule has 0 N–H and O–H groups in total. The van der Waals surface area contributed by atoms with Gasteiger partial charge in [0.1, 0.15) is 0 Å². The van der Waals surface area contributed by atoms with E-state index in [-0.39, 0.29) is 0 Å². The molecule has 0 spiro atoms. The Balaban J connectivity index is 0.000000704. The first-order valence-corrected chi connectivity index (χ1v) is 9.84. The highest BCUT2D eigenvalue weighted by Crippen LogP contribution is 2.46. The van der Waals surface area contributed by atoms with Crippen LogP contribution in [0.4, 0.5) is 0 Å². The van der Waals surface area contributed by atoms with Gasteiger partial charge in [0.15, 0.2) is 0 Å². The van der Waals surface area contributed by atoms with Crippen LogP contribution in [-0.4, -0.2) is 0 Å². The standard InChI is InChI=1S/C18H32.C2H6/c1-14-6-4-8-15(14)12-13-17-10-5-9-16-7-2-3-11-18(16)17;1-2/h14-18H,2-13H2,1H3;1-2H3. The van der Waals surface area contributed by atoms with Gasteiger partial charge in [-0.3, -0.25) is 0 Å². The predicted octanol–water partition coefficient (Wildman–Crippen LogP) is 6.84. The summed E-state index contributed by atoms with van der Waals surface area (Å²) in [6, 6.07) is 0. The van der Waals surface area contributed by atoms with Crippen molar-refractivity contribution >= 4 is 0 Å². The molecule has 0 bridgehead atoms. The maximum absolute atomic E-state index is 2.50. The second-order valence-corrected chi connectivity index (χ2v) is 7.64. The Kier molecular flexibility index (Phi) is 6.91. The molecule has 3 aliphatic rings. The van der Waals surface area contributed by atoms with Gasteiger partial charge in [0.25, 0.3) is 0 Å². The fourth-order valence-electron chi connectivity index (χ4n) is 5.51. The fraction of sp³-hybridized carbons (Fsp3) is 1.00. The largest absolute Gasteiger partial charge is 0.0683 e. The number of hydrogen-bond donors (Lipinski definition) is 0. The van der Waals surface area contributed by atoms with Crippen LogP contribution >= 0.6 is 0 Å². The number of rotatable bonds is 3. The van der Waals surface area contributed by atoms with Crippen LogP contribution in [0.3, 0.4) is 0 Å². The van der Waals surface area contributed by atoms with Crippen molar-refractivity contribution in [2.75, 3.05) is 0 Å². The molecular formula is C20H38. The van der Waals surface area contributed by atoms with Gasteiger partial charge >= 0.3 is 0 Å². The van der Waals surface area contributed by atoms with E-state index < -0.39 is 0 Å². The molecule has 0 aromatic rings. The molecule has 3 rings (SSSR count). The monoisotopic (exact) mass is 278 g/mol. The Morgan fingerprint density at radius 2 is 1.25 bits per heavy atom. The molecule has 0 aromatic heterocycles. The zero-order valence-electron chi connectivity index (χ0n) is 14.4. The summed E-state index contributed by atoms with van der Waals surface area (Å²) >= 11 is 0. The summed E-state index contributed by atoms with van der Waals surface area (Å²) in [6.07, 6.45) is 18.6. The van der Waals surface area contributed by atoms with Crippen molar-refractivity contribution in [2.24, 2.45) is 29.6 Å². The quantitative estimate of drug-likeness (QED) is 0.530. The van der Waals surface area contributed by atoms with Crippen molar-refractivity contribution in [3.8, 4) is 0 Å². The second-order valence-electron chi connectivity index (χ2n) is 7.64. The average molecular weight is 279 g/mol. The lowest BCUT2D eigenvalue weighted by atomic mass is 9.64. The second kappa shape index (κ2) is 8.44. The van der Waals surface area contributed by atoms with Crippen LogP contribution in [0.2, 0.25) is 0 Å². The van der Waals surface area contributed by atoms with Crippen LogP contribution in [0, 0.1) is 29.6 Å². The highest BCUT2D eigenvalue weighted by atomic mass is 14.4. The van der Waals surface area contributed by atoms with Gasteiger partial charge in [0.2, 0.25) is 0 Å². The first-order valence-electron chi connectivity index (χ1n) is 9.84. The van der Waals surface area contributed by atoms with Crippen molar-refractivity contribution in [1.82, 2.24) is 0 Å². The molecule has 0 radical (unpaired) electrons. The molecule has 3 aliphatic carbocycles. The first kappa shape index (κ1) is 16.4. The van der Waals surface area contributed by atoms with E-state index in [1.165, 1.54) is 25.7 Å². The third-order valence-electron chi connectivity index (χ3n) is 6.67. The molecule has 5 unspecified atom stereocenters. The molecule has 118 valence electrons. The summed E-state index contributed by atoms with van der Waals surface area (Å²) in [7, 11) is 0. The van der Waals surface area contributed by atoms with Gasteiger partial charge in [-0.2, -0.15) is 0 Å². The summed E-state index contributed by atoms with van der Waals surface area (Å²) in [5.74, 6) is 5.53. The highest BCUT2D eigenvalue weighted by molar-refractivity contribution is 4.86. The van der Waals surface area contributed by atoms with Gasteiger partial charge in [-0.15, -0.1) is 0 Å². The van der Waals surface area contributed by atoms with Crippen molar-refractivity contribution in [1.29, 1.82) is 0 Å². The van der Waals surface area contributed by atoms with Gasteiger partial charge in [-0.1, -0.05) is 78.6 Å². The van der Waals surface area contributed by atoms with Crippen molar-refractivity contribution in [3.05, 3.63) is 0 Å². The summed E-state index contributed by atoms with van der Waals surface area (Å²) < 4.78 is 0. The molecule has 0 saturated heterocycles. The van der Waals surface area contributed by atoms with E-state index in [0.717, 1.165) is 29.6 Å². The van der Waals surface area contributed by atoms with Crippen LogP contribution in [0.5, 0.6) is 0 Å². The third kappa shape index (κ3) is 4.01. The van der Waals surface area contributed by atoms with Gasteiger partial charge in [0.05, 0.1) is 0 Å². The number of hydrogen-bond acceptors (Lipinski definition) is 0. The van der Waals surface area contributed by atoms with Gasteiger partial charge < -0.3 is 0 Å². The van der Waals surface area contributed by atoms with Gasteiger partial charge in [-0.25, -0.2) is 0 Å². The Labute approximate surface area is 128 Å². The van der Waals surface area contributed by atoms with E-state index in [2.05, 4.69) is 6.92 Å². The molecule has 5 atom stereocenters. The van der Waals surface area contributed by atoms with E-state index in [0.29, 0.717) is 0 Å². The summed E-state index contributed by atoms with van der Waals surface area (Å²) in [5.41, 5.74) is 0.